The summed E-state index contributed by atoms with van der Waals surface area (Å²) >= 11 is 0. The Bertz CT molecular complexity index is 2540. The molecule has 9 rings (SSSR count). The summed E-state index contributed by atoms with van der Waals surface area (Å²) < 4.78 is 0. The summed E-state index contributed by atoms with van der Waals surface area (Å²) in [6, 6.07) is 48.8. The van der Waals surface area contributed by atoms with E-state index in [4.69, 9.17) is 9.97 Å². The number of pyridine rings is 4. The summed E-state index contributed by atoms with van der Waals surface area (Å²) in [5.41, 5.74) is 15.3. The van der Waals surface area contributed by atoms with Gasteiger partial charge in [-0.1, -0.05) is 115 Å². The molecule has 1 aliphatic rings. The summed E-state index contributed by atoms with van der Waals surface area (Å²) in [5, 5.41) is 2.19. The van der Waals surface area contributed by atoms with Crippen molar-refractivity contribution >= 4 is 33.0 Å². The lowest BCUT2D eigenvalue weighted by Crippen LogP contribution is -1.99. The molecule has 50 heavy (non-hydrogen) atoms. The van der Waals surface area contributed by atoms with Crippen LogP contribution in [0.5, 0.6) is 0 Å². The quantitative estimate of drug-likeness (QED) is 0.170. The Morgan fingerprint density at radius 3 is 1.62 bits per heavy atom. The van der Waals surface area contributed by atoms with Crippen molar-refractivity contribution in [2.75, 3.05) is 0 Å². The van der Waals surface area contributed by atoms with Crippen LogP contribution in [0, 0.1) is 0 Å². The van der Waals surface area contributed by atoms with Crippen molar-refractivity contribution in [2.45, 2.75) is 12.8 Å². The number of rotatable bonds is 6. The van der Waals surface area contributed by atoms with Crippen molar-refractivity contribution in [3.63, 3.8) is 0 Å². The maximum atomic E-state index is 5.36. The number of hydrogen-bond donors (Lipinski definition) is 0. The van der Waals surface area contributed by atoms with Crippen LogP contribution in [-0.2, 0) is 0 Å². The Hall–Kier alpha value is -6.52. The number of hydrogen-bond acceptors (Lipinski definition) is 4. The van der Waals surface area contributed by atoms with Gasteiger partial charge in [-0.05, 0) is 88.2 Å². The molecule has 0 aliphatic heterocycles. The van der Waals surface area contributed by atoms with Crippen molar-refractivity contribution in [3.8, 4) is 44.8 Å². The molecule has 236 valence electrons. The van der Waals surface area contributed by atoms with Crippen LogP contribution < -0.4 is 0 Å². The minimum absolute atomic E-state index is 0.902. The molecule has 0 radical (unpaired) electrons. The SMILES string of the molecule is C1=C(c2ccccn2)CCC(c2cc(-c3ccc(-c4ccccc4)cc3)nc3c2ccc2c(-c4ccc(-c5ccccn5)cc4)ccnc23)=C1. The van der Waals surface area contributed by atoms with Crippen molar-refractivity contribution in [2.24, 2.45) is 0 Å². The molecule has 1 aliphatic carbocycles. The minimum atomic E-state index is 0.902. The van der Waals surface area contributed by atoms with Gasteiger partial charge in [0.05, 0.1) is 28.1 Å². The summed E-state index contributed by atoms with van der Waals surface area (Å²) in [5.74, 6) is 0. The van der Waals surface area contributed by atoms with E-state index in [9.17, 15) is 0 Å². The molecule has 0 amide bonds. The van der Waals surface area contributed by atoms with Crippen LogP contribution in [0.4, 0.5) is 0 Å². The molecular formula is C46H32N4. The van der Waals surface area contributed by atoms with Gasteiger partial charge in [0.1, 0.15) is 0 Å². The molecule has 4 aromatic carbocycles. The summed E-state index contributed by atoms with van der Waals surface area (Å²) in [6.45, 7) is 0. The first-order chi connectivity index (χ1) is 24.8. The second-order valence-corrected chi connectivity index (χ2v) is 12.6. The highest BCUT2D eigenvalue weighted by Gasteiger charge is 2.18. The van der Waals surface area contributed by atoms with E-state index in [0.717, 1.165) is 74.0 Å². The van der Waals surface area contributed by atoms with Gasteiger partial charge in [-0.25, -0.2) is 4.98 Å². The van der Waals surface area contributed by atoms with E-state index in [1.807, 2.05) is 48.9 Å². The van der Waals surface area contributed by atoms with Gasteiger partial charge in [-0.2, -0.15) is 0 Å². The van der Waals surface area contributed by atoms with E-state index in [2.05, 4.69) is 131 Å². The van der Waals surface area contributed by atoms with Gasteiger partial charge in [0, 0.05) is 40.5 Å². The van der Waals surface area contributed by atoms with Gasteiger partial charge in [0.25, 0.3) is 0 Å². The fraction of sp³-hybridized carbons (Fsp3) is 0.0435. The van der Waals surface area contributed by atoms with Crippen LogP contribution in [-0.4, -0.2) is 19.9 Å². The first-order valence-electron chi connectivity index (χ1n) is 17.0. The van der Waals surface area contributed by atoms with Crippen molar-refractivity contribution in [1.29, 1.82) is 0 Å². The molecule has 0 fully saturated rings. The topological polar surface area (TPSA) is 51.6 Å². The lowest BCUT2D eigenvalue weighted by molar-refractivity contribution is 1.05. The normalized spacial score (nSPS) is 12.9. The number of fused-ring (bicyclic) bond motifs is 3. The van der Waals surface area contributed by atoms with Crippen LogP contribution in [0.1, 0.15) is 24.1 Å². The van der Waals surface area contributed by atoms with Crippen molar-refractivity contribution in [1.82, 2.24) is 19.9 Å². The van der Waals surface area contributed by atoms with Crippen LogP contribution in [0.15, 0.2) is 170 Å². The van der Waals surface area contributed by atoms with Crippen LogP contribution in [0.2, 0.25) is 0 Å². The predicted molar refractivity (Wildman–Crippen MR) is 206 cm³/mol. The van der Waals surface area contributed by atoms with E-state index in [-0.39, 0.29) is 0 Å². The second-order valence-electron chi connectivity index (χ2n) is 12.6. The fourth-order valence-corrected chi connectivity index (χ4v) is 7.01. The predicted octanol–water partition coefficient (Wildman–Crippen LogP) is 11.5. The second kappa shape index (κ2) is 12.8. The molecule has 0 saturated carbocycles. The minimum Gasteiger partial charge on any atom is -0.257 e. The Morgan fingerprint density at radius 1 is 0.360 bits per heavy atom. The van der Waals surface area contributed by atoms with E-state index in [1.54, 1.807) is 0 Å². The summed E-state index contributed by atoms with van der Waals surface area (Å²) in [7, 11) is 0. The molecule has 0 bridgehead atoms. The Balaban J connectivity index is 1.19. The highest BCUT2D eigenvalue weighted by atomic mass is 14.8. The Kier molecular flexibility index (Phi) is 7.60. The third kappa shape index (κ3) is 5.57. The number of benzene rings is 4. The molecule has 0 atom stereocenters. The zero-order valence-corrected chi connectivity index (χ0v) is 27.4. The van der Waals surface area contributed by atoms with Crippen molar-refractivity contribution in [3.05, 3.63) is 182 Å². The van der Waals surface area contributed by atoms with Crippen LogP contribution in [0.25, 0.3) is 77.7 Å². The standard InChI is InChI=1S/C46H32N4/c1-2-8-31(9-3-1)32-12-18-37(19-13-32)44-30-41(34-16-22-36(23-17-34)43-11-5-7-28-48-43)40-25-24-39-38(26-29-49-45(39)46(40)50-44)33-14-20-35(21-15-33)42-10-4-6-27-47-42/h1-16,18-22,24-30H,17,23H2. The third-order valence-electron chi connectivity index (χ3n) is 9.62. The molecule has 0 unspecified atom stereocenters. The highest BCUT2D eigenvalue weighted by molar-refractivity contribution is 6.11. The van der Waals surface area contributed by atoms with E-state index < -0.39 is 0 Å². The first kappa shape index (κ1) is 29.6. The van der Waals surface area contributed by atoms with Crippen LogP contribution >= 0.6 is 0 Å². The van der Waals surface area contributed by atoms with Gasteiger partial charge in [-0.3, -0.25) is 15.0 Å². The van der Waals surface area contributed by atoms with E-state index >= 15 is 0 Å². The number of nitrogens with zero attached hydrogens (tertiary/aromatic N) is 4. The lowest BCUT2D eigenvalue weighted by Gasteiger charge is -2.18. The zero-order valence-electron chi connectivity index (χ0n) is 27.4. The molecule has 4 aromatic heterocycles. The summed E-state index contributed by atoms with van der Waals surface area (Å²) in [6.07, 6.45) is 11.9. The van der Waals surface area contributed by atoms with Crippen molar-refractivity contribution < 1.29 is 0 Å². The van der Waals surface area contributed by atoms with Crippen LogP contribution in [0.3, 0.4) is 0 Å². The van der Waals surface area contributed by atoms with E-state index in [1.165, 1.54) is 27.8 Å². The molecule has 0 saturated heterocycles. The largest absolute Gasteiger partial charge is 0.257 e. The van der Waals surface area contributed by atoms with Gasteiger partial charge < -0.3 is 0 Å². The zero-order chi connectivity index (χ0) is 33.3. The molecule has 4 nitrogen and oxygen atoms in total. The summed E-state index contributed by atoms with van der Waals surface area (Å²) in [4.78, 5) is 19.5. The maximum Gasteiger partial charge on any atom is 0.0978 e. The van der Waals surface area contributed by atoms with Gasteiger partial charge in [0.2, 0.25) is 0 Å². The Labute approximate surface area is 291 Å². The molecule has 0 N–H and O–H groups in total. The molecule has 8 aromatic rings. The third-order valence-corrected chi connectivity index (χ3v) is 9.62. The van der Waals surface area contributed by atoms with Gasteiger partial charge >= 0.3 is 0 Å². The lowest BCUT2D eigenvalue weighted by atomic mass is 9.88. The average Bonchev–Trinajstić information content (AvgIpc) is 3.21. The van der Waals surface area contributed by atoms with E-state index in [0.29, 0.717) is 0 Å². The molecule has 4 heterocycles. The molecule has 4 heteroatoms. The molecular weight excluding hydrogens is 609 g/mol. The average molecular weight is 641 g/mol. The maximum absolute atomic E-state index is 5.36. The monoisotopic (exact) mass is 640 g/mol. The highest BCUT2D eigenvalue weighted by Crippen LogP contribution is 2.39. The number of allylic oxidation sites excluding steroid dienone is 4. The van der Waals surface area contributed by atoms with Gasteiger partial charge in [0.15, 0.2) is 0 Å². The fourth-order valence-electron chi connectivity index (χ4n) is 7.01. The number of aromatic nitrogens is 4. The smallest absolute Gasteiger partial charge is 0.0978 e. The van der Waals surface area contributed by atoms with Gasteiger partial charge in [-0.15, -0.1) is 0 Å². The first-order valence-corrected chi connectivity index (χ1v) is 17.0. The Morgan fingerprint density at radius 2 is 0.940 bits per heavy atom. The molecule has 0 spiro atoms.